The van der Waals surface area contributed by atoms with Gasteiger partial charge in [0.15, 0.2) is 0 Å². The van der Waals surface area contributed by atoms with Gasteiger partial charge in [-0.05, 0) is 44.0 Å². The summed E-state index contributed by atoms with van der Waals surface area (Å²) in [5, 5.41) is 2.95. The number of piperidine rings is 1. The lowest BCUT2D eigenvalue weighted by Crippen LogP contribution is -2.45. The maximum atomic E-state index is 13.0. The third-order valence-corrected chi connectivity index (χ3v) is 6.17. The minimum atomic E-state index is -0.316. The van der Waals surface area contributed by atoms with Crippen molar-refractivity contribution in [3.8, 4) is 0 Å². The fraction of sp³-hybridized carbons (Fsp3) is 0.417. The van der Waals surface area contributed by atoms with Crippen LogP contribution in [0.15, 0.2) is 48.7 Å². The topological polar surface area (TPSA) is 82.6 Å². The Morgan fingerprint density at radius 3 is 2.48 bits per heavy atom. The number of carbonyl (C=O) groups is 3. The van der Waals surface area contributed by atoms with Crippen LogP contribution in [-0.2, 0) is 20.9 Å². The molecule has 3 heterocycles. The molecule has 1 aromatic heterocycles. The zero-order valence-electron chi connectivity index (χ0n) is 17.8. The van der Waals surface area contributed by atoms with Crippen LogP contribution in [-0.4, -0.2) is 47.2 Å². The van der Waals surface area contributed by atoms with Gasteiger partial charge in [-0.3, -0.25) is 19.4 Å². The van der Waals surface area contributed by atoms with Crippen LogP contribution in [0.3, 0.4) is 0 Å². The van der Waals surface area contributed by atoms with E-state index in [1.165, 1.54) is 0 Å². The minimum absolute atomic E-state index is 0.00834. The number of amides is 3. The van der Waals surface area contributed by atoms with Gasteiger partial charge in [0.25, 0.3) is 0 Å². The van der Waals surface area contributed by atoms with Crippen molar-refractivity contribution < 1.29 is 14.4 Å². The lowest BCUT2D eigenvalue weighted by Gasteiger charge is -2.33. The molecule has 0 bridgehead atoms. The summed E-state index contributed by atoms with van der Waals surface area (Å²) >= 11 is 0. The van der Waals surface area contributed by atoms with E-state index in [1.807, 2.05) is 54.3 Å². The third kappa shape index (κ3) is 4.93. The summed E-state index contributed by atoms with van der Waals surface area (Å²) in [7, 11) is 0. The van der Waals surface area contributed by atoms with Gasteiger partial charge < -0.3 is 15.1 Å². The molecule has 0 radical (unpaired) electrons. The van der Waals surface area contributed by atoms with Crippen molar-refractivity contribution in [2.45, 2.75) is 32.7 Å². The van der Waals surface area contributed by atoms with Crippen LogP contribution in [0.25, 0.3) is 0 Å². The average molecular weight is 421 g/mol. The van der Waals surface area contributed by atoms with E-state index in [0.717, 1.165) is 16.9 Å². The van der Waals surface area contributed by atoms with Gasteiger partial charge in [-0.2, -0.15) is 0 Å². The first-order chi connectivity index (χ1) is 15.0. The van der Waals surface area contributed by atoms with Crippen LogP contribution < -0.4 is 10.2 Å². The Hall–Kier alpha value is -3.22. The Labute approximate surface area is 182 Å². The van der Waals surface area contributed by atoms with Crippen molar-refractivity contribution in [1.82, 2.24) is 15.2 Å². The Balaban J connectivity index is 1.27. The molecule has 3 amide bonds. The van der Waals surface area contributed by atoms with Crippen LogP contribution >= 0.6 is 0 Å². The quantitative estimate of drug-likeness (QED) is 0.805. The third-order valence-electron chi connectivity index (χ3n) is 6.17. The molecule has 7 heteroatoms. The molecule has 162 valence electrons. The van der Waals surface area contributed by atoms with Gasteiger partial charge in [-0.1, -0.05) is 23.8 Å². The summed E-state index contributed by atoms with van der Waals surface area (Å²) in [5.41, 5.74) is 2.80. The number of nitrogens with one attached hydrogen (secondary N) is 1. The van der Waals surface area contributed by atoms with E-state index in [-0.39, 0.29) is 36.0 Å². The molecule has 31 heavy (non-hydrogen) atoms. The number of rotatable bonds is 5. The smallest absolute Gasteiger partial charge is 0.228 e. The lowest BCUT2D eigenvalue weighted by molar-refractivity contribution is -0.139. The second-order valence-corrected chi connectivity index (χ2v) is 8.38. The molecular weight excluding hydrogens is 392 g/mol. The minimum Gasteiger partial charge on any atom is -0.350 e. The number of aryl methyl sites for hydroxylation is 1. The fourth-order valence-corrected chi connectivity index (χ4v) is 4.29. The van der Waals surface area contributed by atoms with Crippen LogP contribution in [0.4, 0.5) is 5.69 Å². The molecule has 1 atom stereocenters. The summed E-state index contributed by atoms with van der Waals surface area (Å²) in [5.74, 6) is -0.383. The van der Waals surface area contributed by atoms with E-state index in [1.54, 1.807) is 11.1 Å². The largest absolute Gasteiger partial charge is 0.350 e. The first kappa shape index (κ1) is 21.0. The summed E-state index contributed by atoms with van der Waals surface area (Å²) in [6.07, 6.45) is 3.24. The number of benzene rings is 1. The molecule has 0 aliphatic carbocycles. The maximum absolute atomic E-state index is 13.0. The number of anilines is 1. The molecule has 2 saturated heterocycles. The number of hydrogen-bond donors (Lipinski definition) is 1. The number of nitrogens with zero attached hydrogens (tertiary/aromatic N) is 3. The van der Waals surface area contributed by atoms with Crippen molar-refractivity contribution in [1.29, 1.82) is 0 Å². The van der Waals surface area contributed by atoms with Gasteiger partial charge in [-0.25, -0.2) is 0 Å². The SMILES string of the molecule is Cc1ccc(N2C[C@H](C(=O)N3CCC(C(=O)NCc4ccccn4)CC3)CC2=O)cc1. The monoisotopic (exact) mass is 420 g/mol. The maximum Gasteiger partial charge on any atom is 0.228 e. The van der Waals surface area contributed by atoms with Crippen LogP contribution in [0.2, 0.25) is 0 Å². The van der Waals surface area contributed by atoms with Crippen molar-refractivity contribution in [3.63, 3.8) is 0 Å². The van der Waals surface area contributed by atoms with Crippen LogP contribution in [0.1, 0.15) is 30.5 Å². The van der Waals surface area contributed by atoms with Gasteiger partial charge in [0.2, 0.25) is 17.7 Å². The van der Waals surface area contributed by atoms with Gasteiger partial charge in [0, 0.05) is 43.9 Å². The Kier molecular flexibility index (Phi) is 6.30. The predicted octanol–water partition coefficient (Wildman–Crippen LogP) is 2.30. The van der Waals surface area contributed by atoms with Crippen molar-refractivity contribution in [3.05, 3.63) is 59.9 Å². The highest BCUT2D eigenvalue weighted by Gasteiger charge is 2.38. The van der Waals surface area contributed by atoms with E-state index in [2.05, 4.69) is 10.3 Å². The predicted molar refractivity (Wildman–Crippen MR) is 117 cm³/mol. The highest BCUT2D eigenvalue weighted by atomic mass is 16.2. The van der Waals surface area contributed by atoms with Gasteiger partial charge in [-0.15, -0.1) is 0 Å². The summed E-state index contributed by atoms with van der Waals surface area (Å²) in [6, 6.07) is 13.4. The molecule has 2 aromatic rings. The molecule has 1 aromatic carbocycles. The number of pyridine rings is 1. The average Bonchev–Trinajstić information content (AvgIpc) is 3.20. The molecule has 1 N–H and O–H groups in total. The number of likely N-dealkylation sites (tertiary alicyclic amines) is 1. The summed E-state index contributed by atoms with van der Waals surface area (Å²) in [6.45, 7) is 3.94. The number of aromatic nitrogens is 1. The van der Waals surface area contributed by atoms with Crippen LogP contribution in [0.5, 0.6) is 0 Å². The van der Waals surface area contributed by atoms with E-state index in [9.17, 15) is 14.4 Å². The Morgan fingerprint density at radius 1 is 1.06 bits per heavy atom. The van der Waals surface area contributed by atoms with E-state index >= 15 is 0 Å². The molecule has 0 spiro atoms. The van der Waals surface area contributed by atoms with Crippen molar-refractivity contribution >= 4 is 23.4 Å². The van der Waals surface area contributed by atoms with Crippen LogP contribution in [0, 0.1) is 18.8 Å². The van der Waals surface area contributed by atoms with E-state index < -0.39 is 0 Å². The van der Waals surface area contributed by atoms with E-state index in [0.29, 0.717) is 39.0 Å². The second-order valence-electron chi connectivity index (χ2n) is 8.38. The molecule has 2 aliphatic heterocycles. The molecule has 7 nitrogen and oxygen atoms in total. The first-order valence-electron chi connectivity index (χ1n) is 10.8. The molecule has 0 unspecified atom stereocenters. The highest BCUT2D eigenvalue weighted by molar-refractivity contribution is 6.00. The summed E-state index contributed by atoms with van der Waals surface area (Å²) < 4.78 is 0. The fourth-order valence-electron chi connectivity index (χ4n) is 4.29. The zero-order chi connectivity index (χ0) is 21.8. The van der Waals surface area contributed by atoms with Gasteiger partial charge in [0.05, 0.1) is 18.2 Å². The molecule has 2 aliphatic rings. The first-order valence-corrected chi connectivity index (χ1v) is 10.8. The standard InChI is InChI=1S/C24H28N4O3/c1-17-5-7-21(8-6-17)28-16-19(14-22(28)29)24(31)27-12-9-18(10-13-27)23(30)26-15-20-4-2-3-11-25-20/h2-8,11,18-19H,9-10,12-16H2,1H3,(H,26,30)/t19-/m1/s1. The number of carbonyl (C=O) groups excluding carboxylic acids is 3. The highest BCUT2D eigenvalue weighted by Crippen LogP contribution is 2.28. The van der Waals surface area contributed by atoms with Gasteiger partial charge >= 0.3 is 0 Å². The number of hydrogen-bond acceptors (Lipinski definition) is 4. The summed E-state index contributed by atoms with van der Waals surface area (Å²) in [4.78, 5) is 45.7. The molecule has 4 rings (SSSR count). The normalized spacial score (nSPS) is 19.5. The molecule has 0 saturated carbocycles. The second kappa shape index (κ2) is 9.29. The molecule has 2 fully saturated rings. The van der Waals surface area contributed by atoms with Crippen molar-refractivity contribution in [2.75, 3.05) is 24.5 Å². The van der Waals surface area contributed by atoms with Gasteiger partial charge in [0.1, 0.15) is 0 Å². The zero-order valence-corrected chi connectivity index (χ0v) is 17.8. The molecular formula is C24H28N4O3. The van der Waals surface area contributed by atoms with E-state index in [4.69, 9.17) is 0 Å². The Bertz CT molecular complexity index is 937. The lowest BCUT2D eigenvalue weighted by atomic mass is 9.94. The Morgan fingerprint density at radius 2 is 1.81 bits per heavy atom. The van der Waals surface area contributed by atoms with Crippen molar-refractivity contribution in [2.24, 2.45) is 11.8 Å².